The van der Waals surface area contributed by atoms with Crippen LogP contribution >= 0.6 is 0 Å². The van der Waals surface area contributed by atoms with Gasteiger partial charge in [0.1, 0.15) is 0 Å². The third kappa shape index (κ3) is 13.8. The van der Waals surface area contributed by atoms with Gasteiger partial charge in [-0.05, 0) is 26.4 Å². The fourth-order valence-electron chi connectivity index (χ4n) is 1.55. The molecule has 0 radical (unpaired) electrons. The summed E-state index contributed by atoms with van der Waals surface area (Å²) >= 11 is 0. The number of unbranched alkanes of at least 4 members (excludes halogenated alkanes) is 6. The first-order chi connectivity index (χ1) is 7.06. The second-order valence-electron chi connectivity index (χ2n) is 4.10. The van der Waals surface area contributed by atoms with Crippen LogP contribution in [-0.2, 0) is 0 Å². The Balaban J connectivity index is 2.99. The monoisotopic (exact) mass is 219 g/mol. The van der Waals surface area contributed by atoms with Gasteiger partial charge in [-0.25, -0.2) is 0 Å². The van der Waals surface area contributed by atoms with Crippen LogP contribution in [-0.4, -0.2) is 34.9 Å². The number of aliphatic hydroxyl groups is 3. The highest BCUT2D eigenvalue weighted by atomic mass is 16.7. The Morgan fingerprint density at radius 2 is 1.27 bits per heavy atom. The molecule has 0 aliphatic carbocycles. The molecule has 92 valence electrons. The Morgan fingerprint density at radius 3 is 1.73 bits per heavy atom. The lowest BCUT2D eigenvalue weighted by atomic mass is 10.1. The normalized spacial score (nSPS) is 12.0. The fourth-order valence-corrected chi connectivity index (χ4v) is 1.55. The van der Waals surface area contributed by atoms with Gasteiger partial charge in [-0.15, -0.1) is 0 Å². The van der Waals surface area contributed by atoms with Gasteiger partial charge in [0.2, 0.25) is 0 Å². The summed E-state index contributed by atoms with van der Waals surface area (Å²) in [4.78, 5) is 0. The maximum Gasteiger partial charge on any atom is 0.275 e. The molecule has 4 nitrogen and oxygen atoms in total. The molecule has 4 heteroatoms. The minimum absolute atomic E-state index is 0.0484. The van der Waals surface area contributed by atoms with Crippen molar-refractivity contribution in [1.29, 1.82) is 0 Å². The van der Waals surface area contributed by atoms with E-state index in [-0.39, 0.29) is 6.42 Å². The molecule has 0 spiro atoms. The first-order valence-corrected chi connectivity index (χ1v) is 5.88. The van der Waals surface area contributed by atoms with Crippen LogP contribution in [0.4, 0.5) is 0 Å². The van der Waals surface area contributed by atoms with E-state index in [9.17, 15) is 0 Å². The number of hydrogen-bond acceptors (Lipinski definition) is 4. The average molecular weight is 219 g/mol. The Hall–Kier alpha value is -0.160. The predicted octanol–water partition coefficient (Wildman–Crippen LogP) is 0.957. The highest BCUT2D eigenvalue weighted by Gasteiger charge is 2.16. The summed E-state index contributed by atoms with van der Waals surface area (Å²) in [5.74, 6) is -2.47. The maximum atomic E-state index is 8.62. The van der Waals surface area contributed by atoms with Gasteiger partial charge < -0.3 is 20.6 Å². The molecule has 0 aromatic carbocycles. The molecule has 0 heterocycles. The van der Waals surface area contributed by atoms with Gasteiger partial charge in [0.25, 0.3) is 5.97 Å². The van der Waals surface area contributed by atoms with Gasteiger partial charge in [-0.3, -0.25) is 0 Å². The molecule has 0 saturated carbocycles. The van der Waals surface area contributed by atoms with Gasteiger partial charge in [-0.1, -0.05) is 32.1 Å². The van der Waals surface area contributed by atoms with Gasteiger partial charge in [0.15, 0.2) is 0 Å². The van der Waals surface area contributed by atoms with Crippen molar-refractivity contribution in [3.8, 4) is 0 Å². The molecule has 0 rings (SSSR count). The third-order valence-electron chi connectivity index (χ3n) is 2.44. The zero-order valence-corrected chi connectivity index (χ0v) is 9.71. The summed E-state index contributed by atoms with van der Waals surface area (Å²) in [6.07, 6.45) is 7.69. The van der Waals surface area contributed by atoms with Crippen molar-refractivity contribution in [2.45, 2.75) is 57.3 Å². The SMILES string of the molecule is CNCCCCCCCCCC(O)(O)O. The van der Waals surface area contributed by atoms with Gasteiger partial charge in [0.05, 0.1) is 0 Å². The van der Waals surface area contributed by atoms with Crippen LogP contribution in [0.5, 0.6) is 0 Å². The van der Waals surface area contributed by atoms with Crippen molar-refractivity contribution in [1.82, 2.24) is 5.32 Å². The standard InChI is InChI=1S/C11H25NO3/c1-12-10-8-6-4-2-3-5-7-9-11(13,14)15/h12-15H,2-10H2,1H3. The summed E-state index contributed by atoms with van der Waals surface area (Å²) in [6.45, 7) is 1.09. The molecule has 4 N–H and O–H groups in total. The van der Waals surface area contributed by atoms with Crippen LogP contribution in [0.15, 0.2) is 0 Å². The lowest BCUT2D eigenvalue weighted by Crippen LogP contribution is -2.26. The number of rotatable bonds is 10. The fraction of sp³-hybridized carbons (Fsp3) is 1.00. The van der Waals surface area contributed by atoms with E-state index in [1.54, 1.807) is 0 Å². The van der Waals surface area contributed by atoms with E-state index in [1.807, 2.05) is 7.05 Å². The summed E-state index contributed by atoms with van der Waals surface area (Å²) in [7, 11) is 1.96. The predicted molar refractivity (Wildman–Crippen MR) is 60.3 cm³/mol. The lowest BCUT2D eigenvalue weighted by molar-refractivity contribution is -0.315. The average Bonchev–Trinajstić information content (AvgIpc) is 2.14. The van der Waals surface area contributed by atoms with Crippen LogP contribution in [0.1, 0.15) is 51.4 Å². The second-order valence-corrected chi connectivity index (χ2v) is 4.10. The Morgan fingerprint density at radius 1 is 0.800 bits per heavy atom. The molecule has 0 aliphatic heterocycles. The quantitative estimate of drug-likeness (QED) is 0.326. The maximum absolute atomic E-state index is 8.62. The smallest absolute Gasteiger partial charge is 0.275 e. The molecular weight excluding hydrogens is 194 g/mol. The third-order valence-corrected chi connectivity index (χ3v) is 2.44. The first-order valence-electron chi connectivity index (χ1n) is 5.88. The van der Waals surface area contributed by atoms with Crippen molar-refractivity contribution < 1.29 is 15.3 Å². The minimum Gasteiger partial charge on any atom is -0.344 e. The molecule has 0 fully saturated rings. The lowest BCUT2D eigenvalue weighted by Gasteiger charge is -2.12. The van der Waals surface area contributed by atoms with E-state index in [4.69, 9.17) is 15.3 Å². The molecule has 0 aromatic rings. The summed E-state index contributed by atoms with van der Waals surface area (Å²) in [6, 6.07) is 0. The molecular formula is C11H25NO3. The van der Waals surface area contributed by atoms with Crippen LogP contribution in [0.25, 0.3) is 0 Å². The Bertz CT molecular complexity index is 134. The number of hydrogen-bond donors (Lipinski definition) is 4. The molecule has 0 aromatic heterocycles. The van der Waals surface area contributed by atoms with E-state index in [0.29, 0.717) is 6.42 Å². The Labute approximate surface area is 92.3 Å². The molecule has 0 amide bonds. The van der Waals surface area contributed by atoms with E-state index in [0.717, 1.165) is 19.4 Å². The van der Waals surface area contributed by atoms with Gasteiger partial charge in [0, 0.05) is 6.42 Å². The first kappa shape index (κ1) is 14.8. The van der Waals surface area contributed by atoms with Crippen molar-refractivity contribution in [3.05, 3.63) is 0 Å². The van der Waals surface area contributed by atoms with Crippen LogP contribution in [0, 0.1) is 0 Å². The molecule has 0 saturated heterocycles. The zero-order valence-electron chi connectivity index (χ0n) is 9.71. The van der Waals surface area contributed by atoms with E-state index < -0.39 is 5.97 Å². The molecule has 0 bridgehead atoms. The van der Waals surface area contributed by atoms with E-state index in [2.05, 4.69) is 5.32 Å². The highest BCUT2D eigenvalue weighted by molar-refractivity contribution is 4.51. The van der Waals surface area contributed by atoms with Crippen LogP contribution < -0.4 is 5.32 Å². The molecule has 0 unspecified atom stereocenters. The topological polar surface area (TPSA) is 72.7 Å². The van der Waals surface area contributed by atoms with Crippen molar-refractivity contribution in [2.24, 2.45) is 0 Å². The summed E-state index contributed by atoms with van der Waals surface area (Å²) in [5, 5.41) is 29.0. The molecule has 15 heavy (non-hydrogen) atoms. The molecule has 0 atom stereocenters. The van der Waals surface area contributed by atoms with Crippen molar-refractivity contribution >= 4 is 0 Å². The van der Waals surface area contributed by atoms with Gasteiger partial charge in [-0.2, -0.15) is 0 Å². The Kier molecular flexibility index (Phi) is 9.00. The summed E-state index contributed by atoms with van der Waals surface area (Å²) < 4.78 is 0. The van der Waals surface area contributed by atoms with E-state index >= 15 is 0 Å². The highest BCUT2D eigenvalue weighted by Crippen LogP contribution is 2.11. The van der Waals surface area contributed by atoms with Crippen LogP contribution in [0.2, 0.25) is 0 Å². The molecule has 0 aliphatic rings. The number of nitrogens with one attached hydrogen (secondary N) is 1. The largest absolute Gasteiger partial charge is 0.344 e. The van der Waals surface area contributed by atoms with Crippen molar-refractivity contribution in [3.63, 3.8) is 0 Å². The summed E-state index contributed by atoms with van der Waals surface area (Å²) in [5.41, 5.74) is 0. The van der Waals surface area contributed by atoms with Crippen LogP contribution in [0.3, 0.4) is 0 Å². The zero-order chi connectivity index (χ0) is 11.6. The minimum atomic E-state index is -2.47. The van der Waals surface area contributed by atoms with Gasteiger partial charge >= 0.3 is 0 Å². The van der Waals surface area contributed by atoms with Crippen molar-refractivity contribution in [2.75, 3.05) is 13.6 Å². The van der Waals surface area contributed by atoms with E-state index in [1.165, 1.54) is 25.7 Å². The second kappa shape index (κ2) is 9.09.